The molecule has 0 radical (unpaired) electrons. The van der Waals surface area contributed by atoms with Crippen LogP contribution in [0.4, 0.5) is 10.5 Å². The number of carbonyl (C=O) groups is 2. The number of amides is 1. The summed E-state index contributed by atoms with van der Waals surface area (Å²) in [5.41, 5.74) is 1.56. The highest BCUT2D eigenvalue weighted by Gasteiger charge is 2.16. The smallest absolute Gasteiger partial charge is 0.412 e. The van der Waals surface area contributed by atoms with Crippen molar-refractivity contribution in [1.82, 2.24) is 0 Å². The monoisotopic (exact) mass is 315 g/mol. The Morgan fingerprint density at radius 3 is 2.48 bits per heavy atom. The maximum atomic E-state index is 11.8. The molecule has 0 bridgehead atoms. The summed E-state index contributed by atoms with van der Waals surface area (Å²) in [5, 5.41) is 12.5. The summed E-state index contributed by atoms with van der Waals surface area (Å²) in [5.74, 6) is -0.763. The first-order valence-corrected chi connectivity index (χ1v) is 6.91. The van der Waals surface area contributed by atoms with E-state index in [0.29, 0.717) is 5.56 Å². The first kappa shape index (κ1) is 16.4. The third kappa shape index (κ3) is 4.00. The third-order valence-corrected chi connectivity index (χ3v) is 3.29. The van der Waals surface area contributed by atoms with Crippen LogP contribution >= 0.6 is 0 Å². The molecular weight excluding hydrogens is 298 g/mol. The van der Waals surface area contributed by atoms with Crippen molar-refractivity contribution in [2.24, 2.45) is 0 Å². The highest BCUT2D eigenvalue weighted by Crippen LogP contribution is 2.30. The summed E-state index contributed by atoms with van der Waals surface area (Å²) < 4.78 is 9.69. The Morgan fingerprint density at radius 1 is 1.13 bits per heavy atom. The molecule has 0 heterocycles. The fraction of sp³-hybridized carbons (Fsp3) is 0.176. The van der Waals surface area contributed by atoms with Gasteiger partial charge < -0.3 is 14.6 Å². The van der Waals surface area contributed by atoms with Gasteiger partial charge in [0.15, 0.2) is 0 Å². The molecule has 0 aliphatic heterocycles. The van der Waals surface area contributed by atoms with Crippen LogP contribution in [-0.2, 0) is 16.1 Å². The van der Waals surface area contributed by atoms with E-state index in [1.807, 2.05) is 30.3 Å². The third-order valence-electron chi connectivity index (χ3n) is 3.29. The average Bonchev–Trinajstić information content (AvgIpc) is 2.57. The Hall–Kier alpha value is -3.02. The lowest BCUT2D eigenvalue weighted by molar-refractivity contribution is 0.0599. The van der Waals surface area contributed by atoms with Crippen molar-refractivity contribution < 1.29 is 24.2 Å². The number of anilines is 1. The topological polar surface area (TPSA) is 84.9 Å². The number of hydrogen-bond acceptors (Lipinski definition) is 5. The van der Waals surface area contributed by atoms with Crippen molar-refractivity contribution in [3.8, 4) is 5.75 Å². The van der Waals surface area contributed by atoms with E-state index < -0.39 is 12.1 Å². The summed E-state index contributed by atoms with van der Waals surface area (Å²) in [6.45, 7) is 1.68. The van der Waals surface area contributed by atoms with Gasteiger partial charge in [-0.2, -0.15) is 0 Å². The largest absolute Gasteiger partial charge is 0.505 e. The number of nitrogens with one attached hydrogen (secondary N) is 1. The van der Waals surface area contributed by atoms with Crippen molar-refractivity contribution in [2.75, 3.05) is 12.4 Å². The molecule has 6 nitrogen and oxygen atoms in total. The summed E-state index contributed by atoms with van der Waals surface area (Å²) in [7, 11) is 1.26. The maximum Gasteiger partial charge on any atom is 0.412 e. The van der Waals surface area contributed by atoms with Gasteiger partial charge in [-0.15, -0.1) is 0 Å². The molecule has 0 aromatic heterocycles. The molecule has 0 aliphatic rings. The van der Waals surface area contributed by atoms with Gasteiger partial charge in [0.1, 0.15) is 12.4 Å². The van der Waals surface area contributed by atoms with E-state index in [-0.39, 0.29) is 23.6 Å². The lowest BCUT2D eigenvalue weighted by Crippen LogP contribution is -2.14. The molecule has 1 amide bonds. The van der Waals surface area contributed by atoms with E-state index in [9.17, 15) is 14.7 Å². The molecule has 2 rings (SSSR count). The number of ether oxygens (including phenoxy) is 2. The Labute approximate surface area is 133 Å². The average molecular weight is 315 g/mol. The fourth-order valence-corrected chi connectivity index (χ4v) is 2.00. The quantitative estimate of drug-likeness (QED) is 0.668. The molecule has 0 atom stereocenters. The Kier molecular flexibility index (Phi) is 5.19. The van der Waals surface area contributed by atoms with Crippen molar-refractivity contribution >= 4 is 17.7 Å². The number of phenols is 1. The summed E-state index contributed by atoms with van der Waals surface area (Å²) in [6.07, 6.45) is -0.700. The second-order valence-electron chi connectivity index (χ2n) is 4.81. The second kappa shape index (κ2) is 7.31. The standard InChI is InChI=1S/C17H17NO5/c1-11-13(16(20)22-2)8-9-14(15(11)19)18-17(21)23-10-12-6-4-3-5-7-12/h3-9,19H,10H2,1-2H3,(H,18,21). The van der Waals surface area contributed by atoms with Gasteiger partial charge in [0, 0.05) is 5.56 Å². The van der Waals surface area contributed by atoms with E-state index in [1.54, 1.807) is 6.92 Å². The van der Waals surface area contributed by atoms with Crippen LogP contribution < -0.4 is 5.32 Å². The molecule has 120 valence electrons. The van der Waals surface area contributed by atoms with Crippen molar-refractivity contribution in [1.29, 1.82) is 0 Å². The summed E-state index contributed by atoms with van der Waals surface area (Å²) in [6, 6.07) is 12.1. The molecule has 2 aromatic carbocycles. The predicted molar refractivity (Wildman–Crippen MR) is 84.4 cm³/mol. The Morgan fingerprint density at radius 2 is 1.83 bits per heavy atom. The number of benzene rings is 2. The minimum absolute atomic E-state index is 0.118. The minimum atomic E-state index is -0.700. The molecule has 0 saturated carbocycles. The van der Waals surface area contributed by atoms with Crippen molar-refractivity contribution in [3.63, 3.8) is 0 Å². The van der Waals surface area contributed by atoms with E-state index in [2.05, 4.69) is 10.1 Å². The van der Waals surface area contributed by atoms with Crippen LogP contribution in [0.15, 0.2) is 42.5 Å². The van der Waals surface area contributed by atoms with Crippen molar-refractivity contribution in [2.45, 2.75) is 13.5 Å². The van der Waals surface area contributed by atoms with Gasteiger partial charge in [-0.1, -0.05) is 30.3 Å². The molecule has 2 aromatic rings. The Bertz CT molecular complexity index is 712. The number of hydrogen-bond donors (Lipinski definition) is 2. The molecule has 0 fully saturated rings. The van der Waals surface area contributed by atoms with Gasteiger partial charge in [0.25, 0.3) is 0 Å². The van der Waals surface area contributed by atoms with E-state index in [1.165, 1.54) is 19.2 Å². The van der Waals surface area contributed by atoms with E-state index in [0.717, 1.165) is 5.56 Å². The number of carbonyl (C=O) groups excluding carboxylic acids is 2. The lowest BCUT2D eigenvalue weighted by atomic mass is 10.1. The molecule has 0 spiro atoms. The number of aromatic hydroxyl groups is 1. The first-order chi connectivity index (χ1) is 11.0. The van der Waals surface area contributed by atoms with Crippen LogP contribution in [0.1, 0.15) is 21.5 Å². The number of methoxy groups -OCH3 is 1. The molecule has 2 N–H and O–H groups in total. The van der Waals surface area contributed by atoms with E-state index in [4.69, 9.17) is 4.74 Å². The van der Waals surface area contributed by atoms with Crippen molar-refractivity contribution in [3.05, 3.63) is 59.2 Å². The van der Waals surface area contributed by atoms with Crippen LogP contribution in [-0.4, -0.2) is 24.3 Å². The highest BCUT2D eigenvalue weighted by molar-refractivity contribution is 5.94. The molecule has 0 aliphatic carbocycles. The molecular formula is C17H17NO5. The zero-order valence-electron chi connectivity index (χ0n) is 12.8. The number of phenolic OH excluding ortho intramolecular Hbond substituents is 1. The molecule has 23 heavy (non-hydrogen) atoms. The minimum Gasteiger partial charge on any atom is -0.505 e. The van der Waals surface area contributed by atoms with Gasteiger partial charge in [-0.25, -0.2) is 9.59 Å². The van der Waals surface area contributed by atoms with Crippen LogP contribution in [0.5, 0.6) is 5.75 Å². The van der Waals surface area contributed by atoms with Crippen LogP contribution in [0.3, 0.4) is 0 Å². The molecule has 0 saturated heterocycles. The van der Waals surface area contributed by atoms with Crippen LogP contribution in [0, 0.1) is 6.92 Å². The van der Waals surface area contributed by atoms with Gasteiger partial charge in [0.05, 0.1) is 18.4 Å². The zero-order chi connectivity index (χ0) is 16.8. The van der Waals surface area contributed by atoms with Gasteiger partial charge in [0.2, 0.25) is 0 Å². The molecule has 0 unspecified atom stereocenters. The predicted octanol–water partition coefficient (Wildman–Crippen LogP) is 3.24. The van der Waals surface area contributed by atoms with Crippen LogP contribution in [0.25, 0.3) is 0 Å². The summed E-state index contributed by atoms with van der Waals surface area (Å²) in [4.78, 5) is 23.3. The highest BCUT2D eigenvalue weighted by atomic mass is 16.5. The van der Waals surface area contributed by atoms with Gasteiger partial charge in [-0.05, 0) is 24.6 Å². The SMILES string of the molecule is COC(=O)c1ccc(NC(=O)OCc2ccccc2)c(O)c1C. The zero-order valence-corrected chi connectivity index (χ0v) is 12.8. The van der Waals surface area contributed by atoms with Gasteiger partial charge >= 0.3 is 12.1 Å². The fourth-order valence-electron chi connectivity index (χ4n) is 2.00. The maximum absolute atomic E-state index is 11.8. The second-order valence-corrected chi connectivity index (χ2v) is 4.81. The van der Waals surface area contributed by atoms with E-state index >= 15 is 0 Å². The lowest BCUT2D eigenvalue weighted by Gasteiger charge is -2.12. The van der Waals surface area contributed by atoms with Gasteiger partial charge in [-0.3, -0.25) is 5.32 Å². The summed E-state index contributed by atoms with van der Waals surface area (Å²) >= 11 is 0. The van der Waals surface area contributed by atoms with Crippen LogP contribution in [0.2, 0.25) is 0 Å². The number of esters is 1. The Balaban J connectivity index is 2.04. The number of rotatable bonds is 4. The normalized spacial score (nSPS) is 10.0. The first-order valence-electron chi connectivity index (χ1n) is 6.91. The molecule has 6 heteroatoms.